The number of carbonyl (C=O) groups is 1. The van der Waals surface area contributed by atoms with Crippen LogP contribution in [0.5, 0.6) is 5.75 Å². The smallest absolute Gasteiger partial charge is 0.325 e. The number of imidazole rings is 1. The first kappa shape index (κ1) is 16.1. The molecule has 130 valence electrons. The maximum atomic E-state index is 12.0. The summed E-state index contributed by atoms with van der Waals surface area (Å²) in [5.74, 6) is 1.19. The lowest BCUT2D eigenvalue weighted by molar-refractivity contribution is 0.262. The van der Waals surface area contributed by atoms with Crippen LogP contribution < -0.4 is 15.4 Å². The minimum absolute atomic E-state index is 0.344. The van der Waals surface area contributed by atoms with Gasteiger partial charge in [0.05, 0.1) is 24.0 Å². The number of hydrogen-bond acceptors (Lipinski definition) is 5. The lowest BCUT2D eigenvalue weighted by Gasteiger charge is -2.04. The van der Waals surface area contributed by atoms with Crippen molar-refractivity contribution < 1.29 is 9.53 Å². The van der Waals surface area contributed by atoms with Gasteiger partial charge in [-0.25, -0.2) is 14.3 Å². The van der Waals surface area contributed by atoms with Gasteiger partial charge in [-0.15, -0.1) is 11.3 Å². The zero-order chi connectivity index (χ0) is 17.9. The number of ether oxygens (including phenoxy) is 1. The lowest BCUT2D eigenvalue weighted by Crippen LogP contribution is -2.18. The summed E-state index contributed by atoms with van der Waals surface area (Å²) in [5, 5.41) is 12.7. The first-order valence-electron chi connectivity index (χ1n) is 7.84. The molecule has 0 aliphatic rings. The zero-order valence-electron chi connectivity index (χ0n) is 13.8. The van der Waals surface area contributed by atoms with Gasteiger partial charge in [0.25, 0.3) is 0 Å². The SMILES string of the molecule is COc1cccc(-c2ccc3nc(NC(=O)Nc4cccs4)cn3n2)c1. The number of hydrogen-bond donors (Lipinski definition) is 2. The number of fused-ring (bicyclic) bond motifs is 1. The number of rotatable bonds is 4. The summed E-state index contributed by atoms with van der Waals surface area (Å²) in [4.78, 5) is 16.4. The van der Waals surface area contributed by atoms with Crippen LogP contribution >= 0.6 is 11.3 Å². The van der Waals surface area contributed by atoms with Crippen molar-refractivity contribution in [2.45, 2.75) is 0 Å². The van der Waals surface area contributed by atoms with Crippen LogP contribution in [-0.2, 0) is 0 Å². The number of nitrogens with one attached hydrogen (secondary N) is 2. The highest BCUT2D eigenvalue weighted by Crippen LogP contribution is 2.23. The van der Waals surface area contributed by atoms with Gasteiger partial charge in [0.1, 0.15) is 5.75 Å². The van der Waals surface area contributed by atoms with Crippen LogP contribution in [-0.4, -0.2) is 27.7 Å². The van der Waals surface area contributed by atoms with Crippen LogP contribution in [0.1, 0.15) is 0 Å². The van der Waals surface area contributed by atoms with Crippen molar-refractivity contribution in [2.24, 2.45) is 0 Å². The van der Waals surface area contributed by atoms with E-state index in [-0.39, 0.29) is 6.03 Å². The number of nitrogens with zero attached hydrogens (tertiary/aromatic N) is 3. The maximum absolute atomic E-state index is 12.0. The molecule has 0 saturated heterocycles. The molecule has 7 nitrogen and oxygen atoms in total. The van der Waals surface area contributed by atoms with Crippen molar-refractivity contribution in [3.05, 3.63) is 60.1 Å². The minimum Gasteiger partial charge on any atom is -0.497 e. The van der Waals surface area contributed by atoms with E-state index >= 15 is 0 Å². The third-order valence-corrected chi connectivity index (χ3v) is 4.47. The van der Waals surface area contributed by atoms with Crippen molar-refractivity contribution in [2.75, 3.05) is 17.7 Å². The number of urea groups is 1. The van der Waals surface area contributed by atoms with E-state index in [2.05, 4.69) is 20.7 Å². The summed E-state index contributed by atoms with van der Waals surface area (Å²) in [6.07, 6.45) is 1.67. The fourth-order valence-corrected chi connectivity index (χ4v) is 3.10. The topological polar surface area (TPSA) is 80.5 Å². The molecule has 2 N–H and O–H groups in total. The Morgan fingerprint density at radius 1 is 1.15 bits per heavy atom. The largest absolute Gasteiger partial charge is 0.497 e. The van der Waals surface area contributed by atoms with E-state index < -0.39 is 0 Å². The molecule has 0 aliphatic carbocycles. The van der Waals surface area contributed by atoms with Crippen LogP contribution in [0.2, 0.25) is 0 Å². The van der Waals surface area contributed by atoms with Gasteiger partial charge in [0, 0.05) is 5.56 Å². The van der Waals surface area contributed by atoms with E-state index in [1.54, 1.807) is 17.8 Å². The molecule has 0 spiro atoms. The third-order valence-electron chi connectivity index (χ3n) is 3.69. The van der Waals surface area contributed by atoms with E-state index in [9.17, 15) is 4.79 Å². The molecule has 3 heterocycles. The number of amides is 2. The Morgan fingerprint density at radius 2 is 2.08 bits per heavy atom. The second kappa shape index (κ2) is 6.85. The summed E-state index contributed by atoms with van der Waals surface area (Å²) < 4.78 is 6.89. The van der Waals surface area contributed by atoms with Crippen molar-refractivity contribution in [3.8, 4) is 17.0 Å². The molecular weight excluding hydrogens is 350 g/mol. The predicted molar refractivity (Wildman–Crippen MR) is 102 cm³/mol. The van der Waals surface area contributed by atoms with Gasteiger partial charge in [-0.3, -0.25) is 10.6 Å². The molecule has 0 unspecified atom stereocenters. The molecule has 2 amide bonds. The Hall–Kier alpha value is -3.39. The highest BCUT2D eigenvalue weighted by molar-refractivity contribution is 7.14. The number of thiophene rings is 1. The second-order valence-corrected chi connectivity index (χ2v) is 6.38. The number of benzene rings is 1. The second-order valence-electron chi connectivity index (χ2n) is 5.44. The number of methoxy groups -OCH3 is 1. The quantitative estimate of drug-likeness (QED) is 0.570. The van der Waals surface area contributed by atoms with Gasteiger partial charge in [0.15, 0.2) is 11.5 Å². The average Bonchev–Trinajstić information content (AvgIpc) is 3.30. The zero-order valence-corrected chi connectivity index (χ0v) is 14.7. The first-order valence-corrected chi connectivity index (χ1v) is 8.71. The van der Waals surface area contributed by atoms with Gasteiger partial charge >= 0.3 is 6.03 Å². The summed E-state index contributed by atoms with van der Waals surface area (Å²) in [5.41, 5.74) is 2.36. The Bertz CT molecular complexity index is 1060. The van der Waals surface area contributed by atoms with E-state index in [1.807, 2.05) is 53.9 Å². The number of anilines is 2. The summed E-state index contributed by atoms with van der Waals surface area (Å²) in [6, 6.07) is 14.8. The highest BCUT2D eigenvalue weighted by atomic mass is 32.1. The molecular formula is C18H15N5O2S. The first-order chi connectivity index (χ1) is 12.7. The molecule has 8 heteroatoms. The standard InChI is InChI=1S/C18H15N5O2S/c1-25-13-5-2-4-12(10-13)14-7-8-16-19-15(11-23(16)22-14)20-18(24)21-17-6-3-9-26-17/h2-11H,1H3,(H2,20,21,24). The van der Waals surface area contributed by atoms with Crippen LogP contribution in [0, 0.1) is 0 Å². The molecule has 0 atom stereocenters. The molecule has 0 aliphatic heterocycles. The third kappa shape index (κ3) is 3.35. The molecule has 4 rings (SSSR count). The van der Waals surface area contributed by atoms with E-state index in [1.165, 1.54) is 11.3 Å². The van der Waals surface area contributed by atoms with Crippen LogP contribution in [0.4, 0.5) is 15.6 Å². The van der Waals surface area contributed by atoms with Crippen molar-refractivity contribution in [1.82, 2.24) is 14.6 Å². The molecule has 0 fully saturated rings. The van der Waals surface area contributed by atoms with Gasteiger partial charge in [0.2, 0.25) is 0 Å². The molecule has 3 aromatic heterocycles. The van der Waals surface area contributed by atoms with Crippen molar-refractivity contribution in [1.29, 1.82) is 0 Å². The molecule has 0 radical (unpaired) electrons. The fraction of sp³-hybridized carbons (Fsp3) is 0.0556. The van der Waals surface area contributed by atoms with Gasteiger partial charge in [-0.05, 0) is 41.8 Å². The van der Waals surface area contributed by atoms with Crippen molar-refractivity contribution in [3.63, 3.8) is 0 Å². The monoisotopic (exact) mass is 365 g/mol. The maximum Gasteiger partial charge on any atom is 0.325 e. The van der Waals surface area contributed by atoms with Crippen LogP contribution in [0.25, 0.3) is 16.9 Å². The normalized spacial score (nSPS) is 10.7. The highest BCUT2D eigenvalue weighted by Gasteiger charge is 2.09. The molecule has 26 heavy (non-hydrogen) atoms. The van der Waals surface area contributed by atoms with E-state index in [0.29, 0.717) is 11.5 Å². The Labute approximate surface area is 153 Å². The molecule has 1 aromatic carbocycles. The molecule has 4 aromatic rings. The molecule has 0 saturated carbocycles. The number of carbonyl (C=O) groups excluding carboxylic acids is 1. The number of aromatic nitrogens is 3. The van der Waals surface area contributed by atoms with E-state index in [0.717, 1.165) is 22.0 Å². The van der Waals surface area contributed by atoms with Crippen molar-refractivity contribution >= 4 is 33.8 Å². The Balaban J connectivity index is 1.56. The minimum atomic E-state index is -0.344. The average molecular weight is 365 g/mol. The van der Waals surface area contributed by atoms with Gasteiger partial charge in [-0.2, -0.15) is 5.10 Å². The van der Waals surface area contributed by atoms with Crippen LogP contribution in [0.3, 0.4) is 0 Å². The summed E-state index contributed by atoms with van der Waals surface area (Å²) in [6.45, 7) is 0. The Kier molecular flexibility index (Phi) is 4.24. The predicted octanol–water partition coefficient (Wildman–Crippen LogP) is 4.11. The lowest BCUT2D eigenvalue weighted by atomic mass is 10.1. The van der Waals surface area contributed by atoms with Gasteiger partial charge < -0.3 is 4.74 Å². The van der Waals surface area contributed by atoms with Crippen LogP contribution in [0.15, 0.2) is 60.1 Å². The Morgan fingerprint density at radius 3 is 2.88 bits per heavy atom. The summed E-state index contributed by atoms with van der Waals surface area (Å²) >= 11 is 1.45. The summed E-state index contributed by atoms with van der Waals surface area (Å²) in [7, 11) is 1.63. The van der Waals surface area contributed by atoms with Gasteiger partial charge in [-0.1, -0.05) is 12.1 Å². The molecule has 0 bridgehead atoms. The van der Waals surface area contributed by atoms with E-state index in [4.69, 9.17) is 4.74 Å². The fourth-order valence-electron chi connectivity index (χ4n) is 2.49.